The van der Waals surface area contributed by atoms with E-state index in [1.165, 1.54) is 0 Å². The summed E-state index contributed by atoms with van der Waals surface area (Å²) in [6.45, 7) is 6.90. The maximum atomic E-state index is 6.33. The van der Waals surface area contributed by atoms with E-state index < -0.39 is 0 Å². The molecule has 108 valence electrons. The van der Waals surface area contributed by atoms with E-state index in [2.05, 4.69) is 22.5 Å². The molecule has 0 aromatic carbocycles. The second-order valence-corrected chi connectivity index (χ2v) is 6.33. The van der Waals surface area contributed by atoms with Gasteiger partial charge in [-0.25, -0.2) is 9.97 Å². The van der Waals surface area contributed by atoms with E-state index in [-0.39, 0.29) is 11.5 Å². The Kier molecular flexibility index (Phi) is 3.69. The number of aryl methyl sites for hydroxylation is 1. The highest BCUT2D eigenvalue weighted by molar-refractivity contribution is 6.20. The second-order valence-electron chi connectivity index (χ2n) is 5.67. The Bertz CT molecular complexity index is 623. The number of rotatable bonds is 2. The van der Waals surface area contributed by atoms with Crippen LogP contribution in [0.2, 0.25) is 0 Å². The molecule has 4 nitrogen and oxygen atoms in total. The maximum absolute atomic E-state index is 6.33. The number of aromatic nitrogens is 3. The van der Waals surface area contributed by atoms with Crippen molar-refractivity contribution in [1.29, 1.82) is 0 Å². The summed E-state index contributed by atoms with van der Waals surface area (Å²) >= 11 is 6.33. The molecule has 1 saturated heterocycles. The van der Waals surface area contributed by atoms with E-state index in [0.717, 1.165) is 42.0 Å². The SMILES string of the molecule is Cc1cnc2c(c1)nc(C(C)Cl)n2C1CCOC(C)C1. The molecule has 0 bridgehead atoms. The Labute approximate surface area is 124 Å². The van der Waals surface area contributed by atoms with Gasteiger partial charge in [-0.05, 0) is 45.2 Å². The van der Waals surface area contributed by atoms with Gasteiger partial charge >= 0.3 is 0 Å². The number of pyridine rings is 1. The summed E-state index contributed by atoms with van der Waals surface area (Å²) in [5.41, 5.74) is 3.00. The lowest BCUT2D eigenvalue weighted by Gasteiger charge is -2.29. The van der Waals surface area contributed by atoms with Gasteiger partial charge in [0.25, 0.3) is 0 Å². The average Bonchev–Trinajstić information content (AvgIpc) is 2.77. The van der Waals surface area contributed by atoms with Crippen LogP contribution in [0.1, 0.15) is 49.5 Å². The molecule has 1 fully saturated rings. The van der Waals surface area contributed by atoms with Gasteiger partial charge in [-0.3, -0.25) is 0 Å². The summed E-state index contributed by atoms with van der Waals surface area (Å²) in [7, 11) is 0. The number of hydrogen-bond donors (Lipinski definition) is 0. The van der Waals surface area contributed by atoms with E-state index in [1.807, 2.05) is 20.0 Å². The number of fused-ring (bicyclic) bond motifs is 1. The molecule has 3 heterocycles. The predicted molar refractivity (Wildman–Crippen MR) is 80.2 cm³/mol. The Hall–Kier alpha value is -1.13. The van der Waals surface area contributed by atoms with Crippen LogP contribution in [0.3, 0.4) is 0 Å². The highest BCUT2D eigenvalue weighted by Crippen LogP contribution is 2.33. The molecule has 1 aliphatic heterocycles. The zero-order valence-corrected chi connectivity index (χ0v) is 12.9. The summed E-state index contributed by atoms with van der Waals surface area (Å²) in [6, 6.07) is 2.44. The van der Waals surface area contributed by atoms with Crippen LogP contribution in [-0.2, 0) is 4.74 Å². The van der Waals surface area contributed by atoms with Crippen LogP contribution in [0, 0.1) is 6.92 Å². The van der Waals surface area contributed by atoms with Gasteiger partial charge in [0.2, 0.25) is 0 Å². The van der Waals surface area contributed by atoms with Crippen molar-refractivity contribution in [2.45, 2.75) is 51.1 Å². The molecule has 0 N–H and O–H groups in total. The molecule has 0 amide bonds. The van der Waals surface area contributed by atoms with Crippen molar-refractivity contribution in [3.8, 4) is 0 Å². The van der Waals surface area contributed by atoms with Crippen LogP contribution in [0.25, 0.3) is 11.2 Å². The minimum atomic E-state index is -0.123. The van der Waals surface area contributed by atoms with Crippen LogP contribution in [0.4, 0.5) is 0 Å². The summed E-state index contributed by atoms with van der Waals surface area (Å²) < 4.78 is 7.88. The number of imidazole rings is 1. The minimum absolute atomic E-state index is 0.123. The monoisotopic (exact) mass is 293 g/mol. The zero-order valence-electron chi connectivity index (χ0n) is 12.1. The molecule has 0 saturated carbocycles. The zero-order chi connectivity index (χ0) is 14.3. The van der Waals surface area contributed by atoms with Crippen molar-refractivity contribution in [3.05, 3.63) is 23.7 Å². The van der Waals surface area contributed by atoms with Gasteiger partial charge in [-0.2, -0.15) is 0 Å². The number of hydrogen-bond acceptors (Lipinski definition) is 3. The van der Waals surface area contributed by atoms with Gasteiger partial charge in [0.05, 0.1) is 11.5 Å². The molecule has 1 aliphatic rings. The van der Waals surface area contributed by atoms with E-state index in [1.54, 1.807) is 0 Å². The van der Waals surface area contributed by atoms with Gasteiger partial charge in [-0.15, -0.1) is 11.6 Å². The first-order chi connectivity index (χ1) is 9.56. The van der Waals surface area contributed by atoms with E-state index in [0.29, 0.717) is 6.04 Å². The summed E-state index contributed by atoms with van der Waals surface area (Å²) in [4.78, 5) is 9.29. The minimum Gasteiger partial charge on any atom is -0.378 e. The molecule has 2 aromatic heterocycles. The van der Waals surface area contributed by atoms with Gasteiger partial charge in [-0.1, -0.05) is 0 Å². The first kappa shape index (κ1) is 13.8. The molecule has 3 rings (SSSR count). The third-order valence-corrected chi connectivity index (χ3v) is 4.07. The molecule has 3 unspecified atom stereocenters. The lowest BCUT2D eigenvalue weighted by Crippen LogP contribution is -2.26. The number of alkyl halides is 1. The fraction of sp³-hybridized carbons (Fsp3) is 0.600. The Morgan fingerprint density at radius 1 is 1.50 bits per heavy atom. The number of nitrogens with zero attached hydrogens (tertiary/aromatic N) is 3. The molecule has 20 heavy (non-hydrogen) atoms. The average molecular weight is 294 g/mol. The van der Waals surface area contributed by atoms with Crippen molar-refractivity contribution in [2.24, 2.45) is 0 Å². The fourth-order valence-corrected chi connectivity index (χ4v) is 3.10. The fourth-order valence-electron chi connectivity index (χ4n) is 2.95. The quantitative estimate of drug-likeness (QED) is 0.791. The van der Waals surface area contributed by atoms with E-state index in [9.17, 15) is 0 Å². The molecule has 0 radical (unpaired) electrons. The van der Waals surface area contributed by atoms with Crippen LogP contribution in [0.5, 0.6) is 0 Å². The molecule has 5 heteroatoms. The van der Waals surface area contributed by atoms with Crippen LogP contribution in [-0.4, -0.2) is 27.2 Å². The van der Waals surface area contributed by atoms with Crippen molar-refractivity contribution in [3.63, 3.8) is 0 Å². The van der Waals surface area contributed by atoms with Gasteiger partial charge in [0.1, 0.15) is 11.3 Å². The first-order valence-electron chi connectivity index (χ1n) is 7.16. The van der Waals surface area contributed by atoms with Crippen molar-refractivity contribution < 1.29 is 4.74 Å². The maximum Gasteiger partial charge on any atom is 0.160 e. The lowest BCUT2D eigenvalue weighted by atomic mass is 10.0. The van der Waals surface area contributed by atoms with Crippen molar-refractivity contribution in [1.82, 2.24) is 14.5 Å². The Morgan fingerprint density at radius 2 is 2.30 bits per heavy atom. The first-order valence-corrected chi connectivity index (χ1v) is 7.60. The van der Waals surface area contributed by atoms with E-state index >= 15 is 0 Å². The Balaban J connectivity index is 2.13. The molecule has 3 atom stereocenters. The largest absolute Gasteiger partial charge is 0.378 e. The summed E-state index contributed by atoms with van der Waals surface area (Å²) in [6.07, 6.45) is 4.14. The Morgan fingerprint density at radius 3 is 3.00 bits per heavy atom. The smallest absolute Gasteiger partial charge is 0.160 e. The van der Waals surface area contributed by atoms with Crippen molar-refractivity contribution >= 4 is 22.8 Å². The third-order valence-electron chi connectivity index (χ3n) is 3.87. The molecular weight excluding hydrogens is 274 g/mol. The van der Waals surface area contributed by atoms with Crippen molar-refractivity contribution in [2.75, 3.05) is 6.61 Å². The molecular formula is C15H20ClN3O. The molecule has 0 spiro atoms. The molecule has 2 aromatic rings. The standard InChI is InChI=1S/C15H20ClN3O/c1-9-6-13-15(17-8-9)19(14(18-13)11(3)16)12-4-5-20-10(2)7-12/h6,8,10-12H,4-5,7H2,1-3H3. The van der Waals surface area contributed by atoms with Gasteiger partial charge in [0, 0.05) is 18.8 Å². The van der Waals surface area contributed by atoms with Crippen LogP contribution in [0.15, 0.2) is 12.3 Å². The predicted octanol–water partition coefficient (Wildman–Crippen LogP) is 3.78. The second kappa shape index (κ2) is 5.34. The van der Waals surface area contributed by atoms with E-state index in [4.69, 9.17) is 21.3 Å². The number of halogens is 1. The highest BCUT2D eigenvalue weighted by Gasteiger charge is 2.27. The third kappa shape index (κ3) is 2.42. The highest BCUT2D eigenvalue weighted by atomic mass is 35.5. The van der Waals surface area contributed by atoms with Gasteiger partial charge in [0.15, 0.2) is 5.65 Å². The molecule has 0 aliphatic carbocycles. The van der Waals surface area contributed by atoms with Gasteiger partial charge < -0.3 is 9.30 Å². The summed E-state index contributed by atoms with van der Waals surface area (Å²) in [5.74, 6) is 0.916. The topological polar surface area (TPSA) is 39.9 Å². The lowest BCUT2D eigenvalue weighted by molar-refractivity contribution is 0.00612. The number of ether oxygens (including phenoxy) is 1. The van der Waals surface area contributed by atoms with Crippen LogP contribution >= 0.6 is 11.6 Å². The van der Waals surface area contributed by atoms with Crippen LogP contribution < -0.4 is 0 Å². The summed E-state index contributed by atoms with van der Waals surface area (Å²) in [5, 5.41) is -0.123. The normalized spacial score (nSPS) is 25.0.